The first-order valence-corrected chi connectivity index (χ1v) is 11.7. The second-order valence-corrected chi connectivity index (χ2v) is 9.59. The summed E-state index contributed by atoms with van der Waals surface area (Å²) in [5.41, 5.74) is 2.03. The molecule has 2 saturated heterocycles. The Morgan fingerprint density at radius 2 is 1.97 bits per heavy atom. The molecule has 7 nitrogen and oxygen atoms in total. The SMILES string of the molecule is C=C(S/C=C\C)c1cc(CN2CC3CN(C(=O)n4ccc(C(=O)O)n4)CC3C2)ccc1Cl. The van der Waals surface area contributed by atoms with Gasteiger partial charge in [-0.25, -0.2) is 9.59 Å². The molecule has 168 valence electrons. The van der Waals surface area contributed by atoms with E-state index in [0.29, 0.717) is 29.9 Å². The van der Waals surface area contributed by atoms with Gasteiger partial charge in [0, 0.05) is 54.4 Å². The van der Waals surface area contributed by atoms with Crippen LogP contribution >= 0.6 is 23.4 Å². The first kappa shape index (κ1) is 22.6. The van der Waals surface area contributed by atoms with Gasteiger partial charge in [-0.3, -0.25) is 4.90 Å². The number of hydrogen-bond acceptors (Lipinski definition) is 5. The Balaban J connectivity index is 1.35. The molecule has 9 heteroatoms. The highest BCUT2D eigenvalue weighted by Crippen LogP contribution is 2.35. The van der Waals surface area contributed by atoms with E-state index in [1.165, 1.54) is 17.8 Å². The molecule has 0 saturated carbocycles. The fraction of sp³-hybridized carbons (Fsp3) is 0.348. The Hall–Kier alpha value is -2.55. The summed E-state index contributed by atoms with van der Waals surface area (Å²) in [5.74, 6) is -0.333. The number of fused-ring (bicyclic) bond motifs is 1. The summed E-state index contributed by atoms with van der Waals surface area (Å²) in [6.45, 7) is 10.1. The van der Waals surface area contributed by atoms with Crippen molar-refractivity contribution < 1.29 is 14.7 Å². The zero-order valence-corrected chi connectivity index (χ0v) is 19.3. The smallest absolute Gasteiger partial charge is 0.356 e. The highest BCUT2D eigenvalue weighted by molar-refractivity contribution is 8.10. The first-order valence-electron chi connectivity index (χ1n) is 10.4. The zero-order chi connectivity index (χ0) is 22.8. The predicted octanol–water partition coefficient (Wildman–Crippen LogP) is 4.50. The van der Waals surface area contributed by atoms with Crippen LogP contribution in [-0.2, 0) is 6.54 Å². The molecular weight excluding hydrogens is 448 g/mol. The summed E-state index contributed by atoms with van der Waals surface area (Å²) in [7, 11) is 0. The fourth-order valence-electron chi connectivity index (χ4n) is 4.42. The zero-order valence-electron chi connectivity index (χ0n) is 17.8. The number of allylic oxidation sites excluding steroid dienone is 1. The van der Waals surface area contributed by atoms with E-state index in [1.54, 1.807) is 16.7 Å². The van der Waals surface area contributed by atoms with Crippen molar-refractivity contribution in [1.82, 2.24) is 19.6 Å². The summed E-state index contributed by atoms with van der Waals surface area (Å²) in [4.78, 5) is 28.8. The summed E-state index contributed by atoms with van der Waals surface area (Å²) >= 11 is 7.95. The average Bonchev–Trinajstić information content (AvgIpc) is 3.48. The second-order valence-electron chi connectivity index (χ2n) is 8.18. The van der Waals surface area contributed by atoms with Gasteiger partial charge in [-0.2, -0.15) is 9.78 Å². The molecule has 2 aliphatic heterocycles. The monoisotopic (exact) mass is 472 g/mol. The lowest BCUT2D eigenvalue weighted by molar-refractivity contribution is 0.0690. The van der Waals surface area contributed by atoms with Crippen LogP contribution in [0.5, 0.6) is 0 Å². The Morgan fingerprint density at radius 3 is 2.59 bits per heavy atom. The lowest BCUT2D eigenvalue weighted by Gasteiger charge is -2.22. The number of aromatic carboxylic acids is 1. The van der Waals surface area contributed by atoms with E-state index in [9.17, 15) is 9.59 Å². The molecule has 2 fully saturated rings. The van der Waals surface area contributed by atoms with Crippen molar-refractivity contribution in [2.75, 3.05) is 26.2 Å². The van der Waals surface area contributed by atoms with E-state index in [-0.39, 0.29) is 11.7 Å². The van der Waals surface area contributed by atoms with Gasteiger partial charge in [0.25, 0.3) is 0 Å². The van der Waals surface area contributed by atoms with E-state index < -0.39 is 5.97 Å². The number of carboxylic acid groups (broad SMARTS) is 1. The number of carbonyl (C=O) groups is 2. The predicted molar refractivity (Wildman–Crippen MR) is 127 cm³/mol. The highest BCUT2D eigenvalue weighted by Gasteiger charge is 2.42. The number of carboxylic acids is 1. The summed E-state index contributed by atoms with van der Waals surface area (Å²) < 4.78 is 1.12. The molecule has 32 heavy (non-hydrogen) atoms. The third kappa shape index (κ3) is 4.77. The number of amides is 1. The van der Waals surface area contributed by atoms with Crippen molar-refractivity contribution >= 4 is 40.3 Å². The topological polar surface area (TPSA) is 78.7 Å². The Bertz CT molecular complexity index is 1070. The summed E-state index contributed by atoms with van der Waals surface area (Å²) in [5, 5.41) is 15.6. The van der Waals surface area contributed by atoms with Crippen molar-refractivity contribution in [2.24, 2.45) is 11.8 Å². The number of rotatable bonds is 6. The van der Waals surface area contributed by atoms with Gasteiger partial charge >= 0.3 is 12.0 Å². The van der Waals surface area contributed by atoms with Crippen LogP contribution in [0.15, 0.2) is 48.5 Å². The largest absolute Gasteiger partial charge is 0.476 e. The van der Waals surface area contributed by atoms with Crippen LogP contribution in [0.1, 0.15) is 28.5 Å². The molecule has 1 aromatic heterocycles. The highest BCUT2D eigenvalue weighted by atomic mass is 35.5. The number of nitrogens with zero attached hydrogens (tertiary/aromatic N) is 4. The summed E-state index contributed by atoms with van der Waals surface area (Å²) in [6, 6.07) is 7.17. The quantitative estimate of drug-likeness (QED) is 0.666. The van der Waals surface area contributed by atoms with Crippen LogP contribution in [-0.4, -0.2) is 62.9 Å². The maximum Gasteiger partial charge on any atom is 0.356 e. The van der Waals surface area contributed by atoms with Crippen molar-refractivity contribution in [2.45, 2.75) is 13.5 Å². The lowest BCUT2D eigenvalue weighted by Crippen LogP contribution is -2.36. The number of thioether (sulfide) groups is 1. The standard InChI is InChI=1S/C23H25ClN4O3S/c1-3-8-32-15(2)19-9-16(4-5-20(19)24)10-26-11-17-13-27(14-18(17)12-26)23(31)28-7-6-21(25-28)22(29)30/h3-9,17-18H,2,10-14H2,1H3,(H,29,30)/b8-3-. The van der Waals surface area contributed by atoms with Gasteiger partial charge in [0.2, 0.25) is 0 Å². The maximum atomic E-state index is 12.7. The van der Waals surface area contributed by atoms with Gasteiger partial charge in [0.05, 0.1) is 0 Å². The van der Waals surface area contributed by atoms with Gasteiger partial charge in [0.15, 0.2) is 5.69 Å². The third-order valence-electron chi connectivity index (χ3n) is 5.92. The number of benzene rings is 1. The van der Waals surface area contributed by atoms with E-state index in [0.717, 1.165) is 34.8 Å². The Kier molecular flexibility index (Phi) is 6.74. The second kappa shape index (κ2) is 9.52. The van der Waals surface area contributed by atoms with Gasteiger partial charge < -0.3 is 10.0 Å². The minimum absolute atomic E-state index is 0.127. The van der Waals surface area contributed by atoms with Crippen molar-refractivity contribution in [1.29, 1.82) is 0 Å². The van der Waals surface area contributed by atoms with Crippen molar-refractivity contribution in [3.63, 3.8) is 0 Å². The van der Waals surface area contributed by atoms with Crippen LogP contribution in [0.2, 0.25) is 5.02 Å². The number of carbonyl (C=O) groups excluding carboxylic acids is 1. The molecule has 3 heterocycles. The van der Waals surface area contributed by atoms with E-state index >= 15 is 0 Å². The van der Waals surface area contributed by atoms with Crippen LogP contribution < -0.4 is 0 Å². The van der Waals surface area contributed by atoms with Crippen molar-refractivity contribution in [3.8, 4) is 0 Å². The van der Waals surface area contributed by atoms with Gasteiger partial charge in [0.1, 0.15) is 0 Å². The van der Waals surface area contributed by atoms with Crippen LogP contribution in [0.25, 0.3) is 4.91 Å². The van der Waals surface area contributed by atoms with Gasteiger partial charge in [-0.15, -0.1) is 0 Å². The average molecular weight is 473 g/mol. The minimum Gasteiger partial charge on any atom is -0.476 e. The number of hydrogen-bond donors (Lipinski definition) is 1. The normalized spacial score (nSPS) is 20.8. The number of likely N-dealkylation sites (tertiary alicyclic amines) is 2. The van der Waals surface area contributed by atoms with Crippen molar-refractivity contribution in [3.05, 3.63) is 70.4 Å². The minimum atomic E-state index is -1.14. The van der Waals surface area contributed by atoms with Crippen LogP contribution in [0.4, 0.5) is 4.79 Å². The molecule has 1 amide bonds. The van der Waals surface area contributed by atoms with E-state index in [4.69, 9.17) is 16.7 Å². The third-order valence-corrected chi connectivity index (χ3v) is 7.16. The molecular formula is C23H25ClN4O3S. The van der Waals surface area contributed by atoms with Crippen LogP contribution in [0, 0.1) is 11.8 Å². The summed E-state index contributed by atoms with van der Waals surface area (Å²) in [6.07, 6.45) is 3.38. The maximum absolute atomic E-state index is 12.7. The molecule has 0 bridgehead atoms. The number of aromatic nitrogens is 2. The first-order chi connectivity index (χ1) is 15.4. The Labute approximate surface area is 196 Å². The number of halogens is 1. The molecule has 1 aromatic carbocycles. The Morgan fingerprint density at radius 1 is 1.25 bits per heavy atom. The molecule has 2 aliphatic rings. The molecule has 2 atom stereocenters. The molecule has 0 spiro atoms. The molecule has 0 radical (unpaired) electrons. The van der Waals surface area contributed by atoms with E-state index in [2.05, 4.69) is 28.7 Å². The molecule has 2 aromatic rings. The van der Waals surface area contributed by atoms with Gasteiger partial charge in [-0.05, 0) is 47.9 Å². The van der Waals surface area contributed by atoms with E-state index in [1.807, 2.05) is 24.5 Å². The molecule has 1 N–H and O–H groups in total. The molecule has 0 aliphatic carbocycles. The lowest BCUT2D eigenvalue weighted by atomic mass is 10.0. The van der Waals surface area contributed by atoms with Gasteiger partial charge in [-0.1, -0.05) is 42.1 Å². The fourth-order valence-corrected chi connectivity index (χ4v) is 5.31. The molecule has 2 unspecified atom stereocenters. The van der Waals surface area contributed by atoms with Crippen LogP contribution in [0.3, 0.4) is 0 Å². The molecule has 4 rings (SSSR count).